The lowest BCUT2D eigenvalue weighted by atomic mass is 10.0. The third-order valence-electron chi connectivity index (χ3n) is 18.0. The molecule has 0 aromatic carbocycles. The number of esters is 4. The number of phosphoric acid groups is 2. The number of unbranched alkanes of at least 4 members (excludes halogenated alkanes) is 46. The molecule has 0 saturated carbocycles. The van der Waals surface area contributed by atoms with E-state index in [4.69, 9.17) is 37.0 Å². The number of phosphoric ester groups is 2. The van der Waals surface area contributed by atoms with E-state index in [1.807, 2.05) is 0 Å². The Bertz CT molecular complexity index is 1860. The Morgan fingerprint density at radius 3 is 0.708 bits per heavy atom. The summed E-state index contributed by atoms with van der Waals surface area (Å²) >= 11 is 0. The molecule has 0 aliphatic heterocycles. The molecule has 17 nitrogen and oxygen atoms in total. The fourth-order valence-corrected chi connectivity index (χ4v) is 13.4. The summed E-state index contributed by atoms with van der Waals surface area (Å²) in [6, 6.07) is 0. The number of ether oxygens (including phenoxy) is 4. The maximum absolute atomic E-state index is 13.1. The predicted molar refractivity (Wildman–Crippen MR) is 391 cm³/mol. The van der Waals surface area contributed by atoms with E-state index in [1.54, 1.807) is 0 Å². The van der Waals surface area contributed by atoms with Crippen molar-refractivity contribution in [3.05, 3.63) is 0 Å². The molecule has 0 aliphatic rings. The van der Waals surface area contributed by atoms with Crippen LogP contribution in [0.3, 0.4) is 0 Å². The molecular formula is C77H150O17P2. The van der Waals surface area contributed by atoms with Crippen LogP contribution in [0.5, 0.6) is 0 Å². The lowest BCUT2D eigenvalue weighted by Crippen LogP contribution is -2.30. The first-order chi connectivity index (χ1) is 46.4. The van der Waals surface area contributed by atoms with Crippen LogP contribution in [-0.2, 0) is 65.4 Å². The Kier molecular flexibility index (Phi) is 67.4. The Hall–Kier alpha value is -1.94. The smallest absolute Gasteiger partial charge is 0.462 e. The van der Waals surface area contributed by atoms with E-state index in [2.05, 4.69) is 41.5 Å². The number of carbonyl (C=O) groups is 4. The molecule has 0 radical (unpaired) electrons. The lowest BCUT2D eigenvalue weighted by molar-refractivity contribution is -0.161. The number of hydrogen-bond acceptors (Lipinski definition) is 15. The summed E-state index contributed by atoms with van der Waals surface area (Å²) in [6.45, 7) is 9.64. The molecule has 0 fully saturated rings. The van der Waals surface area contributed by atoms with E-state index >= 15 is 0 Å². The highest BCUT2D eigenvalue weighted by atomic mass is 31.2. The number of aliphatic hydroxyl groups is 1. The first kappa shape index (κ1) is 94.1. The Morgan fingerprint density at radius 1 is 0.281 bits per heavy atom. The molecule has 0 amide bonds. The summed E-state index contributed by atoms with van der Waals surface area (Å²) in [5.74, 6) is -0.542. The molecule has 0 saturated heterocycles. The van der Waals surface area contributed by atoms with Crippen LogP contribution in [0.15, 0.2) is 0 Å². The van der Waals surface area contributed by atoms with Gasteiger partial charge in [0.05, 0.1) is 26.4 Å². The van der Waals surface area contributed by atoms with Gasteiger partial charge in [0.1, 0.15) is 19.3 Å². The minimum atomic E-state index is -4.96. The zero-order valence-corrected chi connectivity index (χ0v) is 64.5. The Labute approximate surface area is 588 Å². The molecule has 2 unspecified atom stereocenters. The first-order valence-electron chi connectivity index (χ1n) is 40.0. The van der Waals surface area contributed by atoms with Crippen LogP contribution in [0.25, 0.3) is 0 Å². The third-order valence-corrected chi connectivity index (χ3v) is 19.9. The second-order valence-corrected chi connectivity index (χ2v) is 31.6. The van der Waals surface area contributed by atoms with Crippen molar-refractivity contribution in [1.29, 1.82) is 0 Å². The monoisotopic (exact) mass is 1410 g/mol. The number of hydrogen-bond donors (Lipinski definition) is 3. The van der Waals surface area contributed by atoms with Crippen LogP contribution in [0.1, 0.15) is 401 Å². The topological polar surface area (TPSA) is 237 Å². The number of rotatable bonds is 76. The van der Waals surface area contributed by atoms with Gasteiger partial charge in [-0.15, -0.1) is 0 Å². The van der Waals surface area contributed by atoms with E-state index in [0.29, 0.717) is 25.7 Å². The van der Waals surface area contributed by atoms with Crippen molar-refractivity contribution in [2.24, 2.45) is 11.8 Å². The zero-order chi connectivity index (χ0) is 70.7. The van der Waals surface area contributed by atoms with Crippen LogP contribution in [0.2, 0.25) is 0 Å². The summed E-state index contributed by atoms with van der Waals surface area (Å²) in [5, 5.41) is 10.6. The van der Waals surface area contributed by atoms with E-state index in [1.165, 1.54) is 218 Å². The van der Waals surface area contributed by atoms with Crippen molar-refractivity contribution in [3.8, 4) is 0 Å². The van der Waals surface area contributed by atoms with Crippen LogP contribution in [0, 0.1) is 11.8 Å². The number of carbonyl (C=O) groups excluding carboxylic acids is 4. The van der Waals surface area contributed by atoms with Crippen LogP contribution in [0.4, 0.5) is 0 Å². The minimum absolute atomic E-state index is 0.107. The van der Waals surface area contributed by atoms with Crippen molar-refractivity contribution in [1.82, 2.24) is 0 Å². The van der Waals surface area contributed by atoms with Gasteiger partial charge in [-0.25, -0.2) is 9.13 Å². The molecule has 0 aromatic rings. The van der Waals surface area contributed by atoms with Gasteiger partial charge in [0, 0.05) is 25.7 Å². The third kappa shape index (κ3) is 70.5. The molecule has 19 heteroatoms. The molecule has 96 heavy (non-hydrogen) atoms. The average molecular weight is 1410 g/mol. The second kappa shape index (κ2) is 68.8. The summed E-state index contributed by atoms with van der Waals surface area (Å²) in [4.78, 5) is 72.9. The van der Waals surface area contributed by atoms with Crippen molar-refractivity contribution in [2.45, 2.75) is 419 Å². The normalized spacial score (nSPS) is 14.0. The molecule has 0 spiro atoms. The quantitative estimate of drug-likeness (QED) is 0.0222. The van der Waals surface area contributed by atoms with E-state index in [0.717, 1.165) is 102 Å². The maximum atomic E-state index is 13.1. The van der Waals surface area contributed by atoms with Crippen molar-refractivity contribution >= 4 is 39.5 Å². The summed E-state index contributed by atoms with van der Waals surface area (Å²) in [5.41, 5.74) is 0. The van der Waals surface area contributed by atoms with Gasteiger partial charge >= 0.3 is 39.5 Å². The first-order valence-corrected chi connectivity index (χ1v) is 43.0. The predicted octanol–water partition coefficient (Wildman–Crippen LogP) is 22.7. The molecule has 0 aliphatic carbocycles. The van der Waals surface area contributed by atoms with Crippen LogP contribution < -0.4 is 0 Å². The highest BCUT2D eigenvalue weighted by Crippen LogP contribution is 2.45. The summed E-state index contributed by atoms with van der Waals surface area (Å²) < 4.78 is 68.6. The molecule has 0 aromatic heterocycles. The Morgan fingerprint density at radius 2 is 0.479 bits per heavy atom. The molecule has 5 atom stereocenters. The highest BCUT2D eigenvalue weighted by Gasteiger charge is 2.30. The zero-order valence-electron chi connectivity index (χ0n) is 62.7. The van der Waals surface area contributed by atoms with E-state index in [-0.39, 0.29) is 25.7 Å². The standard InChI is InChI=1S/C77H150O17P2/c1-7-9-11-13-15-17-19-22-31-37-43-49-55-61-76(81)93-72(65-87-74(79)59-53-47-41-35-29-20-18-16-14-12-10-8-2)67-91-95(83,84)89-63-71(78)64-90-96(85,86)92-68-73(66-88-75(80)60-54-48-42-36-30-26-25-28-34-40-46-52-58-70(5)6)94-77(82)62-56-50-44-38-32-24-21-23-27-33-39-45-51-57-69(3)4/h69-73,78H,7-68H2,1-6H3,(H,83,84)(H,85,86)/t71-,72+,73+/m0/s1. The molecule has 0 bridgehead atoms. The molecule has 570 valence electrons. The molecule has 3 N–H and O–H groups in total. The largest absolute Gasteiger partial charge is 0.472 e. The van der Waals surface area contributed by atoms with Gasteiger partial charge in [0.15, 0.2) is 12.2 Å². The van der Waals surface area contributed by atoms with E-state index in [9.17, 15) is 43.2 Å². The lowest BCUT2D eigenvalue weighted by Gasteiger charge is -2.21. The van der Waals surface area contributed by atoms with Gasteiger partial charge in [0.25, 0.3) is 0 Å². The van der Waals surface area contributed by atoms with Gasteiger partial charge in [-0.1, -0.05) is 350 Å². The van der Waals surface area contributed by atoms with Gasteiger partial charge in [-0.2, -0.15) is 0 Å². The SMILES string of the molecule is CCCCCCCCCCCCCCCC(=O)O[C@H](COC(=O)CCCCCCCCCCCCCC)COP(=O)(O)OC[C@H](O)COP(=O)(O)OC[C@@H](COC(=O)CCCCCCCCCCCCCCC(C)C)OC(=O)CCCCCCCCCCCCCCCC(C)C. The fraction of sp³-hybridized carbons (Fsp3) is 0.948. The van der Waals surface area contributed by atoms with Crippen molar-refractivity contribution in [2.75, 3.05) is 39.6 Å². The molecule has 0 rings (SSSR count). The number of aliphatic hydroxyl groups excluding tert-OH is 1. The summed E-state index contributed by atoms with van der Waals surface area (Å²) in [7, 11) is -9.91. The molecular weight excluding hydrogens is 1260 g/mol. The fourth-order valence-electron chi connectivity index (χ4n) is 11.8. The average Bonchev–Trinajstić information content (AvgIpc) is 1.69. The summed E-state index contributed by atoms with van der Waals surface area (Å²) in [6.07, 6.45) is 56.6. The molecule has 0 heterocycles. The van der Waals surface area contributed by atoms with Gasteiger partial charge in [-0.05, 0) is 37.5 Å². The van der Waals surface area contributed by atoms with Gasteiger partial charge < -0.3 is 33.8 Å². The van der Waals surface area contributed by atoms with Gasteiger partial charge in [-0.3, -0.25) is 37.3 Å². The van der Waals surface area contributed by atoms with Crippen LogP contribution >= 0.6 is 15.6 Å². The Balaban J connectivity index is 5.26. The minimum Gasteiger partial charge on any atom is -0.462 e. The maximum Gasteiger partial charge on any atom is 0.472 e. The van der Waals surface area contributed by atoms with Gasteiger partial charge in [0.2, 0.25) is 0 Å². The van der Waals surface area contributed by atoms with E-state index < -0.39 is 97.5 Å². The van der Waals surface area contributed by atoms with Crippen molar-refractivity contribution < 1.29 is 80.2 Å². The second-order valence-electron chi connectivity index (χ2n) is 28.7. The van der Waals surface area contributed by atoms with Crippen molar-refractivity contribution in [3.63, 3.8) is 0 Å². The highest BCUT2D eigenvalue weighted by molar-refractivity contribution is 7.47. The van der Waals surface area contributed by atoms with Crippen LogP contribution in [-0.4, -0.2) is 96.7 Å².